The van der Waals surface area contributed by atoms with Crippen LogP contribution in [-0.4, -0.2) is 37.2 Å². The van der Waals surface area contributed by atoms with Gasteiger partial charge < -0.3 is 14.2 Å². The molecule has 0 radical (unpaired) electrons. The lowest BCUT2D eigenvalue weighted by atomic mass is 10.0. The Morgan fingerprint density at radius 1 is 0.259 bits per heavy atom. The van der Waals surface area contributed by atoms with E-state index in [2.05, 4.69) is 118 Å². The van der Waals surface area contributed by atoms with Gasteiger partial charge in [-0.1, -0.05) is 298 Å². The van der Waals surface area contributed by atoms with Crippen LogP contribution >= 0.6 is 0 Å². The highest BCUT2D eigenvalue weighted by Crippen LogP contribution is 2.17. The van der Waals surface area contributed by atoms with E-state index >= 15 is 0 Å². The van der Waals surface area contributed by atoms with Gasteiger partial charge in [0.1, 0.15) is 13.2 Å². The topological polar surface area (TPSA) is 78.9 Å². The van der Waals surface area contributed by atoms with Crippen molar-refractivity contribution in [1.82, 2.24) is 0 Å². The molecule has 6 nitrogen and oxygen atoms in total. The molecule has 81 heavy (non-hydrogen) atoms. The Labute approximate surface area is 502 Å². The van der Waals surface area contributed by atoms with Crippen LogP contribution in [0.2, 0.25) is 0 Å². The van der Waals surface area contributed by atoms with Crippen LogP contribution in [0.4, 0.5) is 0 Å². The molecule has 0 aliphatic rings. The SMILES string of the molecule is CC/C=C\C/C=C\C/C=C\C/C=C\C/C=C\CCCCCCCCCCCCCC(=O)OCC(COC(=O)CCCCCCCCC/C=C\C/C=C\CCCCC)OC(=O)CCCCCCCCCCC/C=C\CCCCCCCC. The second kappa shape index (κ2) is 68.8. The molecule has 6 heteroatoms. The van der Waals surface area contributed by atoms with Crippen molar-refractivity contribution in [3.8, 4) is 0 Å². The zero-order valence-corrected chi connectivity index (χ0v) is 53.5. The van der Waals surface area contributed by atoms with Gasteiger partial charge in [-0.25, -0.2) is 0 Å². The van der Waals surface area contributed by atoms with Crippen molar-refractivity contribution < 1.29 is 28.6 Å². The van der Waals surface area contributed by atoms with E-state index in [0.717, 1.165) is 103 Å². The van der Waals surface area contributed by atoms with Crippen LogP contribution in [-0.2, 0) is 28.6 Å². The number of hydrogen-bond donors (Lipinski definition) is 0. The van der Waals surface area contributed by atoms with Gasteiger partial charge in [0.05, 0.1) is 0 Å². The van der Waals surface area contributed by atoms with Crippen molar-refractivity contribution in [3.63, 3.8) is 0 Å². The number of carbonyl (C=O) groups excluding carboxylic acids is 3. The molecule has 0 spiro atoms. The maximum Gasteiger partial charge on any atom is 0.306 e. The first-order chi connectivity index (χ1) is 40.0. The molecular weight excluding hydrogens is 997 g/mol. The van der Waals surface area contributed by atoms with Crippen molar-refractivity contribution in [2.75, 3.05) is 13.2 Å². The Balaban J connectivity index is 4.34. The van der Waals surface area contributed by atoms with E-state index < -0.39 is 6.10 Å². The summed E-state index contributed by atoms with van der Waals surface area (Å²) >= 11 is 0. The molecule has 0 N–H and O–H groups in total. The highest BCUT2D eigenvalue weighted by atomic mass is 16.6. The summed E-state index contributed by atoms with van der Waals surface area (Å²) in [6.45, 7) is 6.53. The zero-order chi connectivity index (χ0) is 58.5. The largest absolute Gasteiger partial charge is 0.462 e. The minimum absolute atomic E-state index is 0.0807. The predicted molar refractivity (Wildman–Crippen MR) is 353 cm³/mol. The molecule has 0 aliphatic carbocycles. The smallest absolute Gasteiger partial charge is 0.306 e. The highest BCUT2D eigenvalue weighted by molar-refractivity contribution is 5.71. The van der Waals surface area contributed by atoms with E-state index in [1.165, 1.54) is 199 Å². The van der Waals surface area contributed by atoms with E-state index in [0.29, 0.717) is 19.3 Å². The van der Waals surface area contributed by atoms with Crippen LogP contribution in [0, 0.1) is 0 Å². The number of esters is 3. The number of rotatable bonds is 63. The quantitative estimate of drug-likeness (QED) is 0.0261. The van der Waals surface area contributed by atoms with Crippen molar-refractivity contribution in [2.45, 2.75) is 348 Å². The van der Waals surface area contributed by atoms with Crippen LogP contribution < -0.4 is 0 Å². The minimum Gasteiger partial charge on any atom is -0.462 e. The van der Waals surface area contributed by atoms with Gasteiger partial charge in [0.2, 0.25) is 0 Å². The van der Waals surface area contributed by atoms with E-state index in [1.807, 2.05) is 0 Å². The molecule has 0 fully saturated rings. The lowest BCUT2D eigenvalue weighted by Gasteiger charge is -2.18. The molecule has 0 bridgehead atoms. The van der Waals surface area contributed by atoms with E-state index in [4.69, 9.17) is 14.2 Å². The standard InChI is InChI=1S/C75H130O6/c1-4-7-10-13-16-19-22-25-28-31-33-34-35-36-37-38-39-40-42-44-47-50-53-56-59-62-65-68-74(77)80-71-72(70-79-73(76)67-64-61-58-55-52-49-46-43-30-27-24-21-18-15-12-9-6-3)81-75(78)69-66-63-60-57-54-51-48-45-41-32-29-26-23-20-17-14-11-8-5-2/h7,10,16,18-19,21,25-30,33-34,36-37,72H,4-6,8-9,11-15,17,20,22-24,31-32,35,38-71H2,1-3H3/b10-7-,19-16-,21-18-,28-25-,29-26-,30-27-,34-33-,37-36-. The Kier molecular flexibility index (Phi) is 65.7. The number of carbonyl (C=O) groups is 3. The summed E-state index contributed by atoms with van der Waals surface area (Å²) in [4.78, 5) is 38.5. The zero-order valence-electron chi connectivity index (χ0n) is 53.5. The molecule has 1 unspecified atom stereocenters. The monoisotopic (exact) mass is 1130 g/mol. The Morgan fingerprint density at radius 2 is 0.481 bits per heavy atom. The van der Waals surface area contributed by atoms with Crippen molar-refractivity contribution >= 4 is 17.9 Å². The van der Waals surface area contributed by atoms with Crippen molar-refractivity contribution in [3.05, 3.63) is 97.2 Å². The number of unbranched alkanes of at least 4 members (excludes halogenated alkanes) is 36. The summed E-state index contributed by atoms with van der Waals surface area (Å²) in [7, 11) is 0. The average molecular weight is 1130 g/mol. The van der Waals surface area contributed by atoms with E-state index in [9.17, 15) is 14.4 Å². The summed E-state index contributed by atoms with van der Waals surface area (Å²) in [6, 6.07) is 0. The summed E-state index contributed by atoms with van der Waals surface area (Å²) in [5.41, 5.74) is 0. The maximum absolute atomic E-state index is 13.0. The highest BCUT2D eigenvalue weighted by Gasteiger charge is 2.19. The Morgan fingerprint density at radius 3 is 0.790 bits per heavy atom. The molecule has 0 rings (SSSR count). The van der Waals surface area contributed by atoms with Gasteiger partial charge >= 0.3 is 17.9 Å². The van der Waals surface area contributed by atoms with Crippen LogP contribution in [0.25, 0.3) is 0 Å². The van der Waals surface area contributed by atoms with Gasteiger partial charge in [-0.15, -0.1) is 0 Å². The van der Waals surface area contributed by atoms with Gasteiger partial charge in [-0.2, -0.15) is 0 Å². The van der Waals surface area contributed by atoms with Crippen molar-refractivity contribution in [1.29, 1.82) is 0 Å². The average Bonchev–Trinajstić information content (AvgIpc) is 3.47. The fraction of sp³-hybridized carbons (Fsp3) is 0.747. The summed E-state index contributed by atoms with van der Waals surface area (Å²) < 4.78 is 17.0. The molecule has 0 aromatic carbocycles. The van der Waals surface area contributed by atoms with Gasteiger partial charge in [0.15, 0.2) is 6.10 Å². The van der Waals surface area contributed by atoms with E-state index in [-0.39, 0.29) is 31.1 Å². The van der Waals surface area contributed by atoms with Crippen LogP contribution in [0.15, 0.2) is 97.2 Å². The molecule has 0 saturated heterocycles. The molecule has 0 aliphatic heterocycles. The number of ether oxygens (including phenoxy) is 3. The lowest BCUT2D eigenvalue weighted by molar-refractivity contribution is -0.167. The fourth-order valence-electron chi connectivity index (χ4n) is 9.85. The summed E-state index contributed by atoms with van der Waals surface area (Å²) in [5, 5.41) is 0. The van der Waals surface area contributed by atoms with Gasteiger partial charge in [0.25, 0.3) is 0 Å². The molecule has 0 aromatic heterocycles. The third-order valence-corrected chi connectivity index (χ3v) is 15.0. The maximum atomic E-state index is 13.0. The first-order valence-corrected chi connectivity index (χ1v) is 34.7. The predicted octanol–water partition coefficient (Wildman–Crippen LogP) is 24.0. The van der Waals surface area contributed by atoms with Crippen LogP contribution in [0.3, 0.4) is 0 Å². The molecule has 0 amide bonds. The van der Waals surface area contributed by atoms with E-state index in [1.54, 1.807) is 0 Å². The fourth-order valence-corrected chi connectivity index (χ4v) is 9.85. The van der Waals surface area contributed by atoms with Crippen molar-refractivity contribution in [2.24, 2.45) is 0 Å². The molecule has 0 heterocycles. The second-order valence-corrected chi connectivity index (χ2v) is 23.1. The Bertz CT molecular complexity index is 1580. The molecule has 0 saturated carbocycles. The molecule has 0 aromatic rings. The third-order valence-electron chi connectivity index (χ3n) is 15.0. The second-order valence-electron chi connectivity index (χ2n) is 23.1. The molecule has 466 valence electrons. The normalized spacial score (nSPS) is 12.7. The summed E-state index contributed by atoms with van der Waals surface area (Å²) in [6.07, 6.45) is 92.7. The minimum atomic E-state index is -0.785. The van der Waals surface area contributed by atoms with Gasteiger partial charge in [-0.05, 0) is 122 Å². The first-order valence-electron chi connectivity index (χ1n) is 34.7. The molecular formula is C75H130O6. The number of allylic oxidation sites excluding steroid dienone is 16. The third kappa shape index (κ3) is 67.0. The van der Waals surface area contributed by atoms with Gasteiger partial charge in [-0.3, -0.25) is 14.4 Å². The number of hydrogen-bond acceptors (Lipinski definition) is 6. The molecule has 1 atom stereocenters. The van der Waals surface area contributed by atoms with Gasteiger partial charge in [0, 0.05) is 19.3 Å². The van der Waals surface area contributed by atoms with Crippen LogP contribution in [0.1, 0.15) is 342 Å². The Hall–Kier alpha value is -3.67. The first kappa shape index (κ1) is 77.3. The van der Waals surface area contributed by atoms with Crippen LogP contribution in [0.5, 0.6) is 0 Å². The summed E-state index contributed by atoms with van der Waals surface area (Å²) in [5.74, 6) is -0.878. The lowest BCUT2D eigenvalue weighted by Crippen LogP contribution is -2.30.